The highest BCUT2D eigenvalue weighted by Crippen LogP contribution is 2.32. The average molecular weight is 492 g/mol. The standard InChI is InChI=1S/C26H22ClN3O3S/c1-3-33-20-11-8-18(9-12-20)17-28-30(25(31)15-10-19-6-4-5-7-22(19)27)26-29-23-14-13-21(32-2)16-24(23)34-26/h4-17H,3H2,1-2H3/b15-10+,28-17+. The number of anilines is 1. The first-order chi connectivity index (χ1) is 16.6. The zero-order valence-electron chi connectivity index (χ0n) is 18.6. The second-order valence-electron chi connectivity index (χ2n) is 7.08. The number of carbonyl (C=O) groups excluding carboxylic acids is 1. The Kier molecular flexibility index (Phi) is 7.57. The van der Waals surface area contributed by atoms with Gasteiger partial charge in [0.25, 0.3) is 5.91 Å². The van der Waals surface area contributed by atoms with Gasteiger partial charge in [-0.2, -0.15) is 10.1 Å². The van der Waals surface area contributed by atoms with Crippen LogP contribution in [0.25, 0.3) is 16.3 Å². The van der Waals surface area contributed by atoms with Crippen molar-refractivity contribution in [3.63, 3.8) is 0 Å². The minimum absolute atomic E-state index is 0.354. The molecule has 0 atom stereocenters. The van der Waals surface area contributed by atoms with Crippen LogP contribution in [0.4, 0.5) is 5.13 Å². The van der Waals surface area contributed by atoms with Crippen LogP contribution >= 0.6 is 22.9 Å². The molecular weight excluding hydrogens is 470 g/mol. The summed E-state index contributed by atoms with van der Waals surface area (Å²) < 4.78 is 11.7. The number of hydrazone groups is 1. The van der Waals surface area contributed by atoms with Gasteiger partial charge in [-0.3, -0.25) is 4.79 Å². The Labute approximate surface area is 206 Å². The van der Waals surface area contributed by atoms with Crippen LogP contribution in [0.5, 0.6) is 11.5 Å². The number of halogens is 1. The van der Waals surface area contributed by atoms with Gasteiger partial charge in [-0.25, -0.2) is 4.98 Å². The van der Waals surface area contributed by atoms with E-state index in [1.54, 1.807) is 25.5 Å². The normalized spacial score (nSPS) is 11.4. The van der Waals surface area contributed by atoms with Gasteiger partial charge in [-0.15, -0.1) is 0 Å². The van der Waals surface area contributed by atoms with Crippen LogP contribution in [0, 0.1) is 0 Å². The SMILES string of the molecule is CCOc1ccc(/C=N/N(C(=O)/C=C/c2ccccc2Cl)c2nc3ccc(OC)cc3s2)cc1. The summed E-state index contributed by atoms with van der Waals surface area (Å²) in [5.41, 5.74) is 2.31. The van der Waals surface area contributed by atoms with Gasteiger partial charge in [-0.05, 0) is 72.7 Å². The Morgan fingerprint density at radius 2 is 1.88 bits per heavy atom. The number of methoxy groups -OCH3 is 1. The fourth-order valence-corrected chi connectivity index (χ4v) is 4.25. The molecule has 6 nitrogen and oxygen atoms in total. The second-order valence-corrected chi connectivity index (χ2v) is 8.50. The number of carbonyl (C=O) groups is 1. The Balaban J connectivity index is 1.66. The first-order valence-electron chi connectivity index (χ1n) is 10.6. The molecule has 172 valence electrons. The Bertz CT molecular complexity index is 1350. The third kappa shape index (κ3) is 5.62. The molecule has 1 heterocycles. The number of aromatic nitrogens is 1. The van der Waals surface area contributed by atoms with E-state index in [2.05, 4.69) is 10.1 Å². The monoisotopic (exact) mass is 491 g/mol. The number of rotatable bonds is 8. The summed E-state index contributed by atoms with van der Waals surface area (Å²) >= 11 is 7.58. The zero-order chi connectivity index (χ0) is 23.9. The lowest BCUT2D eigenvalue weighted by Crippen LogP contribution is -2.23. The van der Waals surface area contributed by atoms with E-state index in [1.807, 2.05) is 67.6 Å². The van der Waals surface area contributed by atoms with Crippen molar-refractivity contribution in [1.29, 1.82) is 0 Å². The molecule has 4 rings (SSSR count). The Morgan fingerprint density at radius 1 is 1.12 bits per heavy atom. The third-order valence-electron chi connectivity index (χ3n) is 4.80. The van der Waals surface area contributed by atoms with Crippen LogP contribution in [0.1, 0.15) is 18.1 Å². The summed E-state index contributed by atoms with van der Waals surface area (Å²) in [6.45, 7) is 2.53. The molecule has 4 aromatic rings. The van der Waals surface area contributed by atoms with E-state index < -0.39 is 0 Å². The number of nitrogens with zero attached hydrogens (tertiary/aromatic N) is 3. The molecule has 0 N–H and O–H groups in total. The van der Waals surface area contributed by atoms with Crippen LogP contribution in [-0.4, -0.2) is 30.8 Å². The zero-order valence-corrected chi connectivity index (χ0v) is 20.2. The largest absolute Gasteiger partial charge is 0.497 e. The van der Waals surface area contributed by atoms with Crippen molar-refractivity contribution < 1.29 is 14.3 Å². The molecule has 34 heavy (non-hydrogen) atoms. The van der Waals surface area contributed by atoms with Gasteiger partial charge in [0, 0.05) is 11.1 Å². The van der Waals surface area contributed by atoms with Crippen molar-refractivity contribution >= 4 is 56.5 Å². The smallest absolute Gasteiger partial charge is 0.273 e. The molecule has 0 spiro atoms. The number of hydrogen-bond donors (Lipinski definition) is 0. The van der Waals surface area contributed by atoms with E-state index in [0.717, 1.165) is 32.8 Å². The van der Waals surface area contributed by atoms with Crippen LogP contribution in [-0.2, 0) is 4.79 Å². The molecule has 0 aliphatic rings. The van der Waals surface area contributed by atoms with Crippen LogP contribution < -0.4 is 14.5 Å². The molecule has 0 unspecified atom stereocenters. The molecule has 1 aromatic heterocycles. The van der Waals surface area contributed by atoms with Crippen molar-refractivity contribution in [3.8, 4) is 11.5 Å². The fraction of sp³-hybridized carbons (Fsp3) is 0.115. The minimum Gasteiger partial charge on any atom is -0.497 e. The molecule has 0 aliphatic heterocycles. The van der Waals surface area contributed by atoms with Crippen LogP contribution in [0.2, 0.25) is 5.02 Å². The molecule has 0 bridgehead atoms. The van der Waals surface area contributed by atoms with Crippen molar-refractivity contribution in [1.82, 2.24) is 4.98 Å². The molecular formula is C26H22ClN3O3S. The van der Waals surface area contributed by atoms with E-state index in [4.69, 9.17) is 21.1 Å². The number of fused-ring (bicyclic) bond motifs is 1. The fourth-order valence-electron chi connectivity index (χ4n) is 3.09. The highest BCUT2D eigenvalue weighted by atomic mass is 35.5. The summed E-state index contributed by atoms with van der Waals surface area (Å²) in [4.78, 5) is 17.8. The number of ether oxygens (including phenoxy) is 2. The van der Waals surface area contributed by atoms with Crippen LogP contribution in [0.15, 0.2) is 77.9 Å². The quantitative estimate of drug-likeness (QED) is 0.162. The van der Waals surface area contributed by atoms with E-state index in [0.29, 0.717) is 16.8 Å². The van der Waals surface area contributed by atoms with Crippen LogP contribution in [0.3, 0.4) is 0 Å². The summed E-state index contributed by atoms with van der Waals surface area (Å²) in [6, 6.07) is 20.3. The van der Waals surface area contributed by atoms with Gasteiger partial charge in [0.15, 0.2) is 0 Å². The number of benzene rings is 3. The molecule has 0 radical (unpaired) electrons. The molecule has 8 heteroatoms. The van der Waals surface area contributed by atoms with E-state index >= 15 is 0 Å². The van der Waals surface area contributed by atoms with Crippen molar-refractivity contribution in [2.75, 3.05) is 18.7 Å². The lowest BCUT2D eigenvalue weighted by Gasteiger charge is -2.11. The van der Waals surface area contributed by atoms with E-state index in [-0.39, 0.29) is 5.91 Å². The van der Waals surface area contributed by atoms with Crippen molar-refractivity contribution in [2.45, 2.75) is 6.92 Å². The van der Waals surface area contributed by atoms with Gasteiger partial charge < -0.3 is 9.47 Å². The predicted molar refractivity (Wildman–Crippen MR) is 139 cm³/mol. The maximum Gasteiger partial charge on any atom is 0.273 e. The number of hydrogen-bond acceptors (Lipinski definition) is 6. The molecule has 0 saturated heterocycles. The van der Waals surface area contributed by atoms with Crippen molar-refractivity contribution in [2.24, 2.45) is 5.10 Å². The average Bonchev–Trinajstić information content (AvgIpc) is 3.27. The summed E-state index contributed by atoms with van der Waals surface area (Å²) in [5, 5.41) is 6.74. The number of amides is 1. The summed E-state index contributed by atoms with van der Waals surface area (Å²) in [7, 11) is 1.61. The van der Waals surface area contributed by atoms with Gasteiger partial charge >= 0.3 is 0 Å². The maximum absolute atomic E-state index is 13.2. The Morgan fingerprint density at radius 3 is 2.62 bits per heavy atom. The van der Waals surface area contributed by atoms with Gasteiger partial charge in [0.2, 0.25) is 5.13 Å². The predicted octanol–water partition coefficient (Wildman–Crippen LogP) is 6.44. The molecule has 1 amide bonds. The van der Waals surface area contributed by atoms with Crippen molar-refractivity contribution in [3.05, 3.63) is 89.0 Å². The van der Waals surface area contributed by atoms with Gasteiger partial charge in [0.05, 0.1) is 30.1 Å². The second kappa shape index (κ2) is 11.0. The van der Waals surface area contributed by atoms with E-state index in [1.165, 1.54) is 22.4 Å². The lowest BCUT2D eigenvalue weighted by molar-refractivity contribution is -0.114. The number of thiazole rings is 1. The highest BCUT2D eigenvalue weighted by Gasteiger charge is 2.18. The third-order valence-corrected chi connectivity index (χ3v) is 6.14. The molecule has 0 aliphatic carbocycles. The van der Waals surface area contributed by atoms with Gasteiger partial charge in [0.1, 0.15) is 11.5 Å². The Hall–Kier alpha value is -3.68. The summed E-state index contributed by atoms with van der Waals surface area (Å²) in [6.07, 6.45) is 4.72. The molecule has 3 aromatic carbocycles. The molecule has 0 saturated carbocycles. The first-order valence-corrected chi connectivity index (χ1v) is 11.7. The highest BCUT2D eigenvalue weighted by molar-refractivity contribution is 7.22. The summed E-state index contributed by atoms with van der Waals surface area (Å²) in [5.74, 6) is 1.14. The lowest BCUT2D eigenvalue weighted by atomic mass is 10.2. The minimum atomic E-state index is -0.354. The van der Waals surface area contributed by atoms with Gasteiger partial charge in [-0.1, -0.05) is 41.1 Å². The molecule has 0 fully saturated rings. The first kappa shape index (κ1) is 23.5. The maximum atomic E-state index is 13.2. The topological polar surface area (TPSA) is 64.0 Å². The van der Waals surface area contributed by atoms with E-state index in [9.17, 15) is 4.79 Å².